The molecule has 10 heteroatoms. The summed E-state index contributed by atoms with van der Waals surface area (Å²) >= 11 is 1.14. The van der Waals surface area contributed by atoms with Gasteiger partial charge in [0.25, 0.3) is 0 Å². The zero-order valence-corrected chi connectivity index (χ0v) is 16.4. The number of pyridine rings is 1. The molecule has 1 aliphatic carbocycles. The van der Waals surface area contributed by atoms with Crippen LogP contribution in [0.15, 0.2) is 18.5 Å². The van der Waals surface area contributed by atoms with Gasteiger partial charge in [-0.25, -0.2) is 9.78 Å². The minimum atomic E-state index is -4.47. The third-order valence-electron chi connectivity index (χ3n) is 3.99. The summed E-state index contributed by atoms with van der Waals surface area (Å²) in [6, 6.07) is 0.532. The number of rotatable bonds is 6. The lowest BCUT2D eigenvalue weighted by Gasteiger charge is -2.05. The quantitative estimate of drug-likeness (QED) is 0.546. The van der Waals surface area contributed by atoms with Gasteiger partial charge in [0.2, 0.25) is 0 Å². The van der Waals surface area contributed by atoms with Crippen LogP contribution in [0.4, 0.5) is 23.1 Å². The van der Waals surface area contributed by atoms with Crippen molar-refractivity contribution < 1.29 is 22.7 Å². The van der Waals surface area contributed by atoms with Gasteiger partial charge in [0.05, 0.1) is 17.9 Å². The molecular formula is C19H19F3N4O2S. The predicted molar refractivity (Wildman–Crippen MR) is 103 cm³/mol. The number of thiazole rings is 1. The van der Waals surface area contributed by atoms with Crippen LogP contribution >= 0.6 is 11.3 Å². The van der Waals surface area contributed by atoms with E-state index >= 15 is 0 Å². The first-order valence-corrected chi connectivity index (χ1v) is 9.77. The number of alkyl halides is 3. The van der Waals surface area contributed by atoms with Gasteiger partial charge in [-0.2, -0.15) is 13.2 Å². The van der Waals surface area contributed by atoms with E-state index in [4.69, 9.17) is 4.74 Å². The number of carbonyl (C=O) groups is 1. The lowest BCUT2D eigenvalue weighted by molar-refractivity contribution is -0.137. The van der Waals surface area contributed by atoms with Crippen LogP contribution in [0.3, 0.4) is 0 Å². The van der Waals surface area contributed by atoms with Crippen LogP contribution in [-0.2, 0) is 10.9 Å². The summed E-state index contributed by atoms with van der Waals surface area (Å²) in [6.45, 7) is 3.28. The Bertz CT molecular complexity index is 930. The van der Waals surface area contributed by atoms with E-state index < -0.39 is 17.8 Å². The Balaban J connectivity index is 1.53. The maximum atomic E-state index is 12.7. The van der Waals surface area contributed by atoms with Crippen molar-refractivity contribution in [3.05, 3.63) is 40.2 Å². The van der Waals surface area contributed by atoms with Gasteiger partial charge in [0.15, 0.2) is 5.13 Å². The maximum absolute atomic E-state index is 12.7. The molecule has 2 aromatic heterocycles. The van der Waals surface area contributed by atoms with Crippen LogP contribution in [0.2, 0.25) is 0 Å². The SMILES string of the molecule is Cc1nc(NC(=O)NCCOCC2CC2)sc1C#Cc1cncc(C(F)(F)F)c1. The summed E-state index contributed by atoms with van der Waals surface area (Å²) in [5.74, 6) is 6.12. The van der Waals surface area contributed by atoms with Crippen molar-refractivity contribution in [1.82, 2.24) is 15.3 Å². The van der Waals surface area contributed by atoms with Crippen molar-refractivity contribution in [2.45, 2.75) is 25.9 Å². The molecular weight excluding hydrogens is 405 g/mol. The summed E-state index contributed by atoms with van der Waals surface area (Å²) in [7, 11) is 0. The number of urea groups is 1. The molecule has 2 N–H and O–H groups in total. The Kier molecular flexibility index (Phi) is 6.71. The van der Waals surface area contributed by atoms with E-state index in [1.54, 1.807) is 6.92 Å². The summed E-state index contributed by atoms with van der Waals surface area (Å²) in [6.07, 6.45) is -0.0324. The van der Waals surface area contributed by atoms with Crippen molar-refractivity contribution in [1.29, 1.82) is 0 Å². The van der Waals surface area contributed by atoms with E-state index in [9.17, 15) is 18.0 Å². The number of aryl methyl sites for hydroxylation is 1. The van der Waals surface area contributed by atoms with Gasteiger partial charge in [-0.15, -0.1) is 0 Å². The molecule has 3 rings (SSSR count). The molecule has 1 aliphatic rings. The average molecular weight is 424 g/mol. The summed E-state index contributed by atoms with van der Waals surface area (Å²) in [5, 5.41) is 5.64. The highest BCUT2D eigenvalue weighted by molar-refractivity contribution is 7.16. The monoisotopic (exact) mass is 424 g/mol. The largest absolute Gasteiger partial charge is 0.417 e. The average Bonchev–Trinajstić information content (AvgIpc) is 3.42. The normalized spacial score (nSPS) is 13.5. The van der Waals surface area contributed by atoms with Gasteiger partial charge in [-0.1, -0.05) is 17.3 Å². The molecule has 0 unspecified atom stereocenters. The molecule has 0 bridgehead atoms. The molecule has 2 amide bonds. The molecule has 29 heavy (non-hydrogen) atoms. The molecule has 154 valence electrons. The van der Waals surface area contributed by atoms with E-state index in [0.29, 0.717) is 34.8 Å². The molecule has 1 fully saturated rings. The van der Waals surface area contributed by atoms with E-state index in [0.717, 1.165) is 30.2 Å². The number of nitrogens with zero attached hydrogens (tertiary/aromatic N) is 2. The minimum Gasteiger partial charge on any atom is -0.379 e. The second-order valence-corrected chi connectivity index (χ2v) is 7.54. The van der Waals surface area contributed by atoms with Gasteiger partial charge in [0, 0.05) is 31.1 Å². The van der Waals surface area contributed by atoms with Gasteiger partial charge in [0.1, 0.15) is 4.88 Å². The molecule has 2 aromatic rings. The van der Waals surface area contributed by atoms with Gasteiger partial charge in [-0.3, -0.25) is 10.3 Å². The molecule has 0 aromatic carbocycles. The molecule has 2 heterocycles. The Morgan fingerprint density at radius 3 is 2.86 bits per heavy atom. The first-order valence-electron chi connectivity index (χ1n) is 8.95. The molecule has 1 saturated carbocycles. The maximum Gasteiger partial charge on any atom is 0.417 e. The standard InChI is InChI=1S/C19H19F3N4O2S/c1-12-16(5-4-14-8-15(10-23-9-14)19(20,21)22)29-18(25-12)26-17(27)24-6-7-28-11-13-2-3-13/h8-10,13H,2-3,6-7,11H2,1H3,(H2,24,25,26,27). The summed E-state index contributed by atoms with van der Waals surface area (Å²) in [4.78, 5) is 20.2. The van der Waals surface area contributed by atoms with Gasteiger partial charge in [-0.05, 0) is 37.7 Å². The molecule has 0 aliphatic heterocycles. The molecule has 6 nitrogen and oxygen atoms in total. The summed E-state index contributed by atoms with van der Waals surface area (Å²) in [5.41, 5.74) is -0.137. The summed E-state index contributed by atoms with van der Waals surface area (Å²) < 4.78 is 43.7. The van der Waals surface area contributed by atoms with Crippen molar-refractivity contribution in [2.75, 3.05) is 25.1 Å². The second kappa shape index (κ2) is 9.24. The zero-order valence-electron chi connectivity index (χ0n) is 15.6. The number of hydrogen-bond acceptors (Lipinski definition) is 5. The Morgan fingerprint density at radius 1 is 1.34 bits per heavy atom. The van der Waals surface area contributed by atoms with Crippen molar-refractivity contribution in [3.63, 3.8) is 0 Å². The van der Waals surface area contributed by atoms with Crippen LogP contribution < -0.4 is 10.6 Å². The number of halogens is 3. The van der Waals surface area contributed by atoms with E-state index in [2.05, 4.69) is 32.4 Å². The third-order valence-corrected chi connectivity index (χ3v) is 4.97. The highest BCUT2D eigenvalue weighted by Crippen LogP contribution is 2.29. The Labute approximate surface area is 169 Å². The van der Waals surface area contributed by atoms with Crippen molar-refractivity contribution in [2.24, 2.45) is 5.92 Å². The van der Waals surface area contributed by atoms with Gasteiger partial charge < -0.3 is 10.1 Å². The highest BCUT2D eigenvalue weighted by atomic mass is 32.1. The lowest BCUT2D eigenvalue weighted by atomic mass is 10.2. The molecule has 0 atom stereocenters. The van der Waals surface area contributed by atoms with Gasteiger partial charge >= 0.3 is 12.2 Å². The number of hydrogen-bond donors (Lipinski definition) is 2. The fraction of sp³-hybridized carbons (Fsp3) is 0.421. The first kappa shape index (κ1) is 21.1. The van der Waals surface area contributed by atoms with Crippen LogP contribution in [0.1, 0.15) is 34.5 Å². The predicted octanol–water partition coefficient (Wildman–Crippen LogP) is 3.81. The number of carbonyl (C=O) groups excluding carboxylic acids is 1. The van der Waals surface area contributed by atoms with Crippen molar-refractivity contribution in [3.8, 4) is 11.8 Å². The van der Waals surface area contributed by atoms with E-state index in [-0.39, 0.29) is 5.56 Å². The number of amides is 2. The minimum absolute atomic E-state index is 0.145. The molecule has 0 radical (unpaired) electrons. The lowest BCUT2D eigenvalue weighted by Crippen LogP contribution is -2.31. The molecule has 0 saturated heterocycles. The second-order valence-electron chi connectivity index (χ2n) is 6.54. The fourth-order valence-electron chi connectivity index (χ4n) is 2.27. The van der Waals surface area contributed by atoms with Crippen LogP contribution in [0, 0.1) is 24.7 Å². The highest BCUT2D eigenvalue weighted by Gasteiger charge is 2.30. The number of anilines is 1. The van der Waals surface area contributed by atoms with Crippen LogP contribution in [-0.4, -0.2) is 35.8 Å². The topological polar surface area (TPSA) is 76.1 Å². The van der Waals surface area contributed by atoms with Crippen LogP contribution in [0.25, 0.3) is 0 Å². The number of aromatic nitrogens is 2. The number of nitrogens with one attached hydrogen (secondary N) is 2. The fourth-order valence-corrected chi connectivity index (χ4v) is 3.09. The number of ether oxygens (including phenoxy) is 1. The Hall–Kier alpha value is -2.64. The van der Waals surface area contributed by atoms with Crippen molar-refractivity contribution >= 4 is 22.5 Å². The van der Waals surface area contributed by atoms with E-state index in [1.807, 2.05) is 0 Å². The first-order chi connectivity index (χ1) is 13.8. The smallest absolute Gasteiger partial charge is 0.379 e. The zero-order chi connectivity index (χ0) is 20.9. The van der Waals surface area contributed by atoms with E-state index in [1.165, 1.54) is 19.0 Å². The third kappa shape index (κ3) is 6.73. The molecule has 0 spiro atoms. The van der Waals surface area contributed by atoms with Crippen LogP contribution in [0.5, 0.6) is 0 Å². The Morgan fingerprint density at radius 2 is 2.14 bits per heavy atom.